The summed E-state index contributed by atoms with van der Waals surface area (Å²) in [7, 11) is 0. The van der Waals surface area contributed by atoms with Crippen LogP contribution < -0.4 is 5.32 Å². The van der Waals surface area contributed by atoms with E-state index in [1.807, 2.05) is 19.9 Å². The Morgan fingerprint density at radius 3 is 2.72 bits per heavy atom. The first-order valence-electron chi connectivity index (χ1n) is 8.65. The minimum Gasteiger partial charge on any atom is -0.469 e. The van der Waals surface area contributed by atoms with Crippen LogP contribution in [0.15, 0.2) is 47.1 Å². The molecule has 134 valence electrons. The summed E-state index contributed by atoms with van der Waals surface area (Å²) >= 11 is 0. The average Bonchev–Trinajstić information content (AvgIpc) is 3.07. The number of ether oxygens (including phenoxy) is 1. The molecule has 2 heterocycles. The Hall–Kier alpha value is -2.14. The number of nitrogens with one attached hydrogen (secondary N) is 1. The van der Waals surface area contributed by atoms with E-state index in [-0.39, 0.29) is 35.7 Å². The highest BCUT2D eigenvalue weighted by Gasteiger charge is 2.30. The van der Waals surface area contributed by atoms with E-state index in [0.29, 0.717) is 12.4 Å². The molecule has 2 atom stereocenters. The van der Waals surface area contributed by atoms with Crippen LogP contribution in [0, 0.1) is 5.82 Å². The summed E-state index contributed by atoms with van der Waals surface area (Å²) < 4.78 is 24.4. The van der Waals surface area contributed by atoms with E-state index in [4.69, 9.17) is 9.15 Å². The van der Waals surface area contributed by atoms with Gasteiger partial charge in [0.25, 0.3) is 0 Å². The predicted octanol–water partition coefficient (Wildman–Crippen LogP) is 4.01. The summed E-state index contributed by atoms with van der Waals surface area (Å²) in [5, 5.41) is 3.11. The zero-order valence-corrected chi connectivity index (χ0v) is 14.6. The number of benzene rings is 1. The van der Waals surface area contributed by atoms with E-state index >= 15 is 0 Å². The molecule has 0 bridgehead atoms. The van der Waals surface area contributed by atoms with Crippen LogP contribution in [-0.2, 0) is 9.53 Å². The normalized spacial score (nSPS) is 20.8. The smallest absolute Gasteiger partial charge is 0.221 e. The third-order valence-electron chi connectivity index (χ3n) is 4.61. The van der Waals surface area contributed by atoms with Gasteiger partial charge in [0.15, 0.2) is 0 Å². The van der Waals surface area contributed by atoms with Crippen LogP contribution in [0.3, 0.4) is 0 Å². The van der Waals surface area contributed by atoms with Crippen LogP contribution in [0.2, 0.25) is 0 Å². The fourth-order valence-corrected chi connectivity index (χ4v) is 3.39. The number of carbonyl (C=O) groups excluding carboxylic acids is 1. The van der Waals surface area contributed by atoms with Gasteiger partial charge in [-0.3, -0.25) is 4.79 Å². The van der Waals surface area contributed by atoms with E-state index in [9.17, 15) is 9.18 Å². The maximum absolute atomic E-state index is 13.2. The SMILES string of the molecule is CC1(C)C[C@@H](NC(=O)C[C@H](c2ccc(F)cc2)c2ccco2)CCO1. The maximum Gasteiger partial charge on any atom is 0.221 e. The van der Waals surface area contributed by atoms with Crippen molar-refractivity contribution in [2.24, 2.45) is 0 Å². The van der Waals surface area contributed by atoms with Crippen LogP contribution in [0.5, 0.6) is 0 Å². The standard InChI is InChI=1S/C20H24FNO3/c1-20(2)13-16(9-11-25-20)22-19(23)12-17(18-4-3-10-24-18)14-5-7-15(21)8-6-14/h3-8,10,16-17H,9,11-13H2,1-2H3,(H,22,23)/t16-,17+/m0/s1. The number of hydrogen-bond acceptors (Lipinski definition) is 3. The second-order valence-electron chi connectivity index (χ2n) is 7.19. The molecule has 0 spiro atoms. The Kier molecular flexibility index (Phi) is 5.23. The molecule has 0 saturated carbocycles. The van der Waals surface area contributed by atoms with E-state index in [2.05, 4.69) is 5.32 Å². The molecule has 1 aliphatic rings. The molecule has 1 N–H and O–H groups in total. The van der Waals surface area contributed by atoms with Gasteiger partial charge in [-0.25, -0.2) is 4.39 Å². The lowest BCUT2D eigenvalue weighted by Crippen LogP contribution is -2.46. The lowest BCUT2D eigenvalue weighted by molar-refractivity contribution is -0.124. The number of amides is 1. The highest BCUT2D eigenvalue weighted by Crippen LogP contribution is 2.29. The molecule has 1 aromatic carbocycles. The van der Waals surface area contributed by atoms with Crippen molar-refractivity contribution in [3.8, 4) is 0 Å². The van der Waals surface area contributed by atoms with E-state index in [1.165, 1.54) is 12.1 Å². The van der Waals surface area contributed by atoms with Gasteiger partial charge in [-0.05, 0) is 56.5 Å². The summed E-state index contributed by atoms with van der Waals surface area (Å²) in [6.45, 7) is 4.72. The predicted molar refractivity (Wildman–Crippen MR) is 92.8 cm³/mol. The van der Waals surface area contributed by atoms with Crippen molar-refractivity contribution in [1.29, 1.82) is 0 Å². The Balaban J connectivity index is 1.70. The van der Waals surface area contributed by atoms with E-state index < -0.39 is 0 Å². The number of rotatable bonds is 5. The minimum atomic E-state index is -0.296. The number of hydrogen-bond donors (Lipinski definition) is 1. The van der Waals surface area contributed by atoms with Crippen molar-refractivity contribution < 1.29 is 18.3 Å². The first-order chi connectivity index (χ1) is 11.9. The molecule has 1 aromatic heterocycles. The molecule has 25 heavy (non-hydrogen) atoms. The largest absolute Gasteiger partial charge is 0.469 e. The molecule has 3 rings (SSSR count). The molecule has 2 aromatic rings. The van der Waals surface area contributed by atoms with Crippen molar-refractivity contribution in [3.63, 3.8) is 0 Å². The number of halogens is 1. The number of furan rings is 1. The lowest BCUT2D eigenvalue weighted by atomic mass is 9.91. The zero-order chi connectivity index (χ0) is 17.9. The molecule has 0 aliphatic carbocycles. The third kappa shape index (κ3) is 4.69. The van der Waals surface area contributed by atoms with Gasteiger partial charge in [0.2, 0.25) is 5.91 Å². The second-order valence-corrected chi connectivity index (χ2v) is 7.19. The van der Waals surface area contributed by atoms with Crippen LogP contribution >= 0.6 is 0 Å². The summed E-state index contributed by atoms with van der Waals surface area (Å²) in [6.07, 6.45) is 3.46. The first kappa shape index (κ1) is 17.7. The first-order valence-corrected chi connectivity index (χ1v) is 8.65. The monoisotopic (exact) mass is 345 g/mol. The molecule has 1 saturated heterocycles. The third-order valence-corrected chi connectivity index (χ3v) is 4.61. The summed E-state index contributed by atoms with van der Waals surface area (Å²) in [5.41, 5.74) is 0.645. The summed E-state index contributed by atoms with van der Waals surface area (Å²) in [4.78, 5) is 12.6. The minimum absolute atomic E-state index is 0.0339. The molecule has 0 unspecified atom stereocenters. The Morgan fingerprint density at radius 1 is 1.32 bits per heavy atom. The molecule has 1 fully saturated rings. The van der Waals surface area contributed by atoms with Gasteiger partial charge in [-0.15, -0.1) is 0 Å². The molecule has 1 aliphatic heterocycles. The Morgan fingerprint density at radius 2 is 2.08 bits per heavy atom. The lowest BCUT2D eigenvalue weighted by Gasteiger charge is -2.36. The fourth-order valence-electron chi connectivity index (χ4n) is 3.39. The fraction of sp³-hybridized carbons (Fsp3) is 0.450. The van der Waals surface area contributed by atoms with Crippen molar-refractivity contribution in [3.05, 3.63) is 59.8 Å². The Bertz CT molecular complexity index is 694. The topological polar surface area (TPSA) is 51.5 Å². The van der Waals surface area contributed by atoms with Crippen molar-refractivity contribution in [2.75, 3.05) is 6.61 Å². The van der Waals surface area contributed by atoms with Crippen molar-refractivity contribution in [2.45, 2.75) is 50.7 Å². The quantitative estimate of drug-likeness (QED) is 0.891. The molecule has 1 amide bonds. The van der Waals surface area contributed by atoms with Crippen molar-refractivity contribution >= 4 is 5.91 Å². The van der Waals surface area contributed by atoms with Gasteiger partial charge in [0.05, 0.1) is 17.8 Å². The highest BCUT2D eigenvalue weighted by molar-refractivity contribution is 5.77. The molecule has 4 nitrogen and oxygen atoms in total. The zero-order valence-electron chi connectivity index (χ0n) is 14.6. The summed E-state index contributed by atoms with van der Waals surface area (Å²) in [5.74, 6) is 0.141. The molecule has 0 radical (unpaired) electrons. The van der Waals surface area contributed by atoms with Gasteiger partial charge >= 0.3 is 0 Å². The van der Waals surface area contributed by atoms with E-state index in [0.717, 1.165) is 18.4 Å². The van der Waals surface area contributed by atoms with Crippen LogP contribution in [0.25, 0.3) is 0 Å². The summed E-state index contributed by atoms with van der Waals surface area (Å²) in [6, 6.07) is 9.97. The van der Waals surface area contributed by atoms with Gasteiger partial charge < -0.3 is 14.5 Å². The van der Waals surface area contributed by atoms with Crippen LogP contribution in [0.4, 0.5) is 4.39 Å². The van der Waals surface area contributed by atoms with Crippen molar-refractivity contribution in [1.82, 2.24) is 5.32 Å². The highest BCUT2D eigenvalue weighted by atomic mass is 19.1. The molecular weight excluding hydrogens is 321 g/mol. The molecule has 5 heteroatoms. The van der Waals surface area contributed by atoms with Gasteiger partial charge in [0.1, 0.15) is 11.6 Å². The Labute approximate surface area is 147 Å². The van der Waals surface area contributed by atoms with Crippen LogP contribution in [0.1, 0.15) is 50.4 Å². The number of carbonyl (C=O) groups is 1. The van der Waals surface area contributed by atoms with Gasteiger partial charge in [0, 0.05) is 19.1 Å². The van der Waals surface area contributed by atoms with Gasteiger partial charge in [-0.1, -0.05) is 12.1 Å². The second kappa shape index (κ2) is 7.40. The van der Waals surface area contributed by atoms with Gasteiger partial charge in [-0.2, -0.15) is 0 Å². The average molecular weight is 345 g/mol. The van der Waals surface area contributed by atoms with E-state index in [1.54, 1.807) is 24.5 Å². The maximum atomic E-state index is 13.2. The molecular formula is C20H24FNO3. The van der Waals surface area contributed by atoms with Crippen LogP contribution in [-0.4, -0.2) is 24.2 Å².